The number of carboxylic acid groups (broad SMARTS) is 1. The summed E-state index contributed by atoms with van der Waals surface area (Å²) >= 11 is 1.48. The van der Waals surface area contributed by atoms with Crippen molar-refractivity contribution in [1.29, 1.82) is 0 Å². The summed E-state index contributed by atoms with van der Waals surface area (Å²) < 4.78 is 44.4. The van der Waals surface area contributed by atoms with Crippen molar-refractivity contribution in [3.63, 3.8) is 0 Å². The monoisotopic (exact) mass is 477 g/mol. The maximum absolute atomic E-state index is 12.8. The van der Waals surface area contributed by atoms with Crippen LogP contribution in [0.1, 0.15) is 53.4 Å². The Morgan fingerprint density at radius 2 is 1.82 bits per heavy atom. The topological polar surface area (TPSA) is 59.4 Å². The van der Waals surface area contributed by atoms with Gasteiger partial charge >= 0.3 is 12.1 Å². The average molecular weight is 478 g/mol. The van der Waals surface area contributed by atoms with Gasteiger partial charge in [0.1, 0.15) is 10.8 Å². The molecule has 4 nitrogen and oxygen atoms in total. The molecule has 0 saturated carbocycles. The van der Waals surface area contributed by atoms with Gasteiger partial charge in [-0.3, -0.25) is 4.79 Å². The average Bonchev–Trinajstić information content (AvgIpc) is 3.17. The molecule has 0 radical (unpaired) electrons. The Hall–Kier alpha value is -2.87. The molecule has 0 saturated heterocycles. The molecule has 1 heterocycles. The quantitative estimate of drug-likeness (QED) is 0.364. The fourth-order valence-electron chi connectivity index (χ4n) is 3.46. The maximum atomic E-state index is 12.8. The van der Waals surface area contributed by atoms with Gasteiger partial charge in [0.2, 0.25) is 0 Å². The van der Waals surface area contributed by atoms with Crippen molar-refractivity contribution in [1.82, 2.24) is 4.98 Å². The zero-order valence-corrected chi connectivity index (χ0v) is 19.5. The predicted octanol–water partition coefficient (Wildman–Crippen LogP) is 6.90. The van der Waals surface area contributed by atoms with E-state index in [1.54, 1.807) is 0 Å². The minimum absolute atomic E-state index is 0.0890. The predicted molar refractivity (Wildman–Crippen MR) is 123 cm³/mol. The Bertz CT molecular complexity index is 1110. The molecule has 3 aromatic rings. The molecule has 2 aromatic carbocycles. The molecule has 0 unspecified atom stereocenters. The van der Waals surface area contributed by atoms with Gasteiger partial charge in [0, 0.05) is 23.3 Å². The first kappa shape index (κ1) is 24.8. The van der Waals surface area contributed by atoms with Crippen LogP contribution >= 0.6 is 11.3 Å². The third kappa shape index (κ3) is 6.57. The number of carbonyl (C=O) groups is 1. The van der Waals surface area contributed by atoms with E-state index in [1.807, 2.05) is 39.0 Å². The number of aliphatic carboxylic acids is 1. The summed E-state index contributed by atoms with van der Waals surface area (Å²) in [7, 11) is 0. The van der Waals surface area contributed by atoms with Gasteiger partial charge in [-0.1, -0.05) is 32.0 Å². The zero-order valence-electron chi connectivity index (χ0n) is 18.7. The lowest BCUT2D eigenvalue weighted by Gasteiger charge is -2.10. The Balaban J connectivity index is 1.68. The Kier molecular flexibility index (Phi) is 7.79. The van der Waals surface area contributed by atoms with Crippen LogP contribution in [-0.2, 0) is 23.8 Å². The lowest BCUT2D eigenvalue weighted by molar-refractivity contribution is -0.138. The Morgan fingerprint density at radius 3 is 2.39 bits per heavy atom. The number of rotatable bonds is 9. The van der Waals surface area contributed by atoms with Crippen LogP contribution < -0.4 is 4.74 Å². The summed E-state index contributed by atoms with van der Waals surface area (Å²) in [6, 6.07) is 10.7. The highest BCUT2D eigenvalue weighted by molar-refractivity contribution is 7.15. The van der Waals surface area contributed by atoms with Crippen molar-refractivity contribution >= 4 is 17.3 Å². The van der Waals surface area contributed by atoms with Crippen molar-refractivity contribution in [2.75, 3.05) is 6.61 Å². The first-order valence-corrected chi connectivity index (χ1v) is 11.5. The molecule has 0 atom stereocenters. The highest BCUT2D eigenvalue weighted by Gasteiger charge is 2.30. The molecule has 0 aliphatic carbocycles. The lowest BCUT2D eigenvalue weighted by atomic mass is 10.0. The number of nitrogens with zero attached hydrogens (tertiary/aromatic N) is 1. The first-order valence-electron chi connectivity index (χ1n) is 10.7. The van der Waals surface area contributed by atoms with Crippen molar-refractivity contribution < 1.29 is 27.8 Å². The molecule has 1 aromatic heterocycles. The van der Waals surface area contributed by atoms with E-state index >= 15 is 0 Å². The van der Waals surface area contributed by atoms with Gasteiger partial charge in [0.25, 0.3) is 0 Å². The van der Waals surface area contributed by atoms with Gasteiger partial charge in [-0.25, -0.2) is 4.98 Å². The number of alkyl halides is 3. The number of aromatic nitrogens is 1. The fourth-order valence-corrected chi connectivity index (χ4v) is 4.66. The SMILES string of the molecule is Cc1cc(OCCc2sc(-c3ccc(C(F)(F)F)cc3)nc2C(C)C)ccc1CCC(=O)O. The molecule has 0 aliphatic rings. The number of ether oxygens (including phenoxy) is 1. The molecule has 1 N–H and O–H groups in total. The summed E-state index contributed by atoms with van der Waals surface area (Å²) in [6.45, 7) is 6.44. The molecule has 3 rings (SSSR count). The lowest BCUT2D eigenvalue weighted by Crippen LogP contribution is -2.04. The zero-order chi connectivity index (χ0) is 24.2. The summed E-state index contributed by atoms with van der Waals surface area (Å²) in [6.07, 6.45) is -3.16. The maximum Gasteiger partial charge on any atom is 0.416 e. The number of hydrogen-bond donors (Lipinski definition) is 1. The van der Waals surface area contributed by atoms with Crippen LogP contribution in [0.5, 0.6) is 5.75 Å². The van der Waals surface area contributed by atoms with Gasteiger partial charge in [-0.2, -0.15) is 13.2 Å². The Labute approximate surface area is 195 Å². The van der Waals surface area contributed by atoms with Gasteiger partial charge in [0.05, 0.1) is 17.9 Å². The van der Waals surface area contributed by atoms with Gasteiger partial charge < -0.3 is 9.84 Å². The number of thiazole rings is 1. The number of aryl methyl sites for hydroxylation is 2. The number of benzene rings is 2. The van der Waals surface area contributed by atoms with Crippen LogP contribution in [0.15, 0.2) is 42.5 Å². The van der Waals surface area contributed by atoms with E-state index in [2.05, 4.69) is 0 Å². The molecule has 0 bridgehead atoms. The van der Waals surface area contributed by atoms with E-state index < -0.39 is 17.7 Å². The number of carboxylic acids is 1. The summed E-state index contributed by atoms with van der Waals surface area (Å²) in [5, 5.41) is 9.55. The van der Waals surface area contributed by atoms with E-state index in [4.69, 9.17) is 14.8 Å². The Morgan fingerprint density at radius 1 is 1.12 bits per heavy atom. The van der Waals surface area contributed by atoms with E-state index in [0.29, 0.717) is 35.8 Å². The number of hydrogen-bond acceptors (Lipinski definition) is 4. The minimum Gasteiger partial charge on any atom is -0.493 e. The van der Waals surface area contributed by atoms with E-state index in [0.717, 1.165) is 33.8 Å². The van der Waals surface area contributed by atoms with Gasteiger partial charge in [-0.15, -0.1) is 11.3 Å². The van der Waals surface area contributed by atoms with Crippen LogP contribution in [0, 0.1) is 6.92 Å². The third-order valence-electron chi connectivity index (χ3n) is 5.25. The second kappa shape index (κ2) is 10.4. The van der Waals surface area contributed by atoms with Crippen LogP contribution in [0.3, 0.4) is 0 Å². The second-order valence-corrected chi connectivity index (χ2v) is 9.22. The minimum atomic E-state index is -4.36. The highest BCUT2D eigenvalue weighted by Crippen LogP contribution is 2.35. The molecular weight excluding hydrogens is 451 g/mol. The summed E-state index contributed by atoms with van der Waals surface area (Å²) in [5.74, 6) is 0.0660. The van der Waals surface area contributed by atoms with Crippen molar-refractivity contribution in [2.45, 2.75) is 52.1 Å². The first-order chi connectivity index (χ1) is 15.5. The van der Waals surface area contributed by atoms with E-state index in [9.17, 15) is 18.0 Å². The van der Waals surface area contributed by atoms with Crippen LogP contribution in [-0.4, -0.2) is 22.7 Å². The standard InChI is InChI=1S/C25H26F3NO3S/c1-15(2)23-21(33-24(29-23)18-4-8-19(9-5-18)25(26,27)28)12-13-32-20-10-6-17(16(3)14-20)7-11-22(30)31/h4-6,8-10,14-15H,7,11-13H2,1-3H3,(H,30,31). The second-order valence-electron chi connectivity index (χ2n) is 8.14. The normalized spacial score (nSPS) is 11.7. The van der Waals surface area contributed by atoms with Crippen LogP contribution in [0.25, 0.3) is 10.6 Å². The van der Waals surface area contributed by atoms with Crippen molar-refractivity contribution in [3.8, 4) is 16.3 Å². The molecular formula is C25H26F3NO3S. The molecule has 0 aliphatic heterocycles. The molecule has 33 heavy (non-hydrogen) atoms. The highest BCUT2D eigenvalue weighted by atomic mass is 32.1. The van der Waals surface area contributed by atoms with E-state index in [-0.39, 0.29) is 12.3 Å². The van der Waals surface area contributed by atoms with Crippen molar-refractivity contribution in [2.24, 2.45) is 0 Å². The fraction of sp³-hybridized carbons (Fsp3) is 0.360. The van der Waals surface area contributed by atoms with Gasteiger partial charge in [-0.05, 0) is 54.7 Å². The van der Waals surface area contributed by atoms with Crippen LogP contribution in [0.2, 0.25) is 0 Å². The van der Waals surface area contributed by atoms with E-state index in [1.165, 1.54) is 23.5 Å². The van der Waals surface area contributed by atoms with Crippen LogP contribution in [0.4, 0.5) is 13.2 Å². The van der Waals surface area contributed by atoms with Crippen molar-refractivity contribution in [3.05, 3.63) is 69.7 Å². The smallest absolute Gasteiger partial charge is 0.416 e. The molecule has 8 heteroatoms. The molecule has 0 fully saturated rings. The van der Waals surface area contributed by atoms with Gasteiger partial charge in [0.15, 0.2) is 0 Å². The summed E-state index contributed by atoms with van der Waals surface area (Å²) in [4.78, 5) is 16.5. The molecule has 0 spiro atoms. The molecule has 0 amide bonds. The summed E-state index contributed by atoms with van der Waals surface area (Å²) in [5.41, 5.74) is 2.88. The third-order valence-corrected chi connectivity index (χ3v) is 6.43. The largest absolute Gasteiger partial charge is 0.493 e. The molecule has 176 valence electrons. The number of halogens is 3.